The van der Waals surface area contributed by atoms with Crippen molar-refractivity contribution < 1.29 is 13.2 Å². The van der Waals surface area contributed by atoms with Crippen LogP contribution in [0, 0.1) is 0 Å². The molecule has 0 bridgehead atoms. The Morgan fingerprint density at radius 2 is 1.71 bits per heavy atom. The number of hydrogen-bond acceptors (Lipinski definition) is 3. The van der Waals surface area contributed by atoms with E-state index in [0.717, 1.165) is 29.5 Å². The number of anilines is 1. The standard InChI is InChI=1S/C18H22N2O3S/c1-3-15-6-4-5-7-17(15)20-18(21)16-10-8-14(9-11-16)12-13-19-24(2,22)23/h4-11,19H,3,12-13H2,1-2H3,(H,20,21). The molecule has 2 aromatic carbocycles. The summed E-state index contributed by atoms with van der Waals surface area (Å²) in [6, 6.07) is 14.9. The van der Waals surface area contributed by atoms with Crippen molar-refractivity contribution in [3.05, 3.63) is 65.2 Å². The quantitative estimate of drug-likeness (QED) is 0.809. The molecule has 6 heteroatoms. The molecule has 0 unspecified atom stereocenters. The van der Waals surface area contributed by atoms with Crippen LogP contribution in [0.1, 0.15) is 28.4 Å². The number of amides is 1. The van der Waals surface area contributed by atoms with Crippen molar-refractivity contribution in [3.8, 4) is 0 Å². The lowest BCUT2D eigenvalue weighted by molar-refractivity contribution is 0.102. The van der Waals surface area contributed by atoms with E-state index in [9.17, 15) is 13.2 Å². The molecule has 0 radical (unpaired) electrons. The van der Waals surface area contributed by atoms with Crippen molar-refractivity contribution in [1.29, 1.82) is 0 Å². The van der Waals surface area contributed by atoms with Crippen LogP contribution < -0.4 is 10.0 Å². The molecule has 0 aliphatic heterocycles. The molecular formula is C18H22N2O3S. The van der Waals surface area contributed by atoms with Gasteiger partial charge in [-0.3, -0.25) is 4.79 Å². The van der Waals surface area contributed by atoms with Crippen molar-refractivity contribution in [1.82, 2.24) is 4.72 Å². The third kappa shape index (κ3) is 5.47. The molecule has 2 aromatic rings. The van der Waals surface area contributed by atoms with Crippen LogP contribution in [-0.2, 0) is 22.9 Å². The highest BCUT2D eigenvalue weighted by molar-refractivity contribution is 7.88. The van der Waals surface area contributed by atoms with Crippen LogP contribution in [0.5, 0.6) is 0 Å². The Morgan fingerprint density at radius 1 is 1.04 bits per heavy atom. The molecule has 24 heavy (non-hydrogen) atoms. The molecular weight excluding hydrogens is 324 g/mol. The highest BCUT2D eigenvalue weighted by Crippen LogP contribution is 2.17. The normalized spacial score (nSPS) is 11.2. The number of para-hydroxylation sites is 1. The van der Waals surface area contributed by atoms with E-state index in [0.29, 0.717) is 18.5 Å². The number of sulfonamides is 1. The summed E-state index contributed by atoms with van der Waals surface area (Å²) >= 11 is 0. The van der Waals surface area contributed by atoms with Gasteiger partial charge in [-0.1, -0.05) is 37.3 Å². The molecule has 0 saturated carbocycles. The summed E-state index contributed by atoms with van der Waals surface area (Å²) in [6.07, 6.45) is 2.56. The Bertz CT molecular complexity index is 799. The first-order valence-corrected chi connectivity index (χ1v) is 9.71. The third-order valence-corrected chi connectivity index (χ3v) is 4.37. The van der Waals surface area contributed by atoms with Gasteiger partial charge in [0.2, 0.25) is 10.0 Å². The van der Waals surface area contributed by atoms with Gasteiger partial charge in [0.1, 0.15) is 0 Å². The van der Waals surface area contributed by atoms with Crippen LogP contribution in [-0.4, -0.2) is 27.1 Å². The van der Waals surface area contributed by atoms with Crippen molar-refractivity contribution in [2.75, 3.05) is 18.1 Å². The molecule has 5 nitrogen and oxygen atoms in total. The highest BCUT2D eigenvalue weighted by atomic mass is 32.2. The van der Waals surface area contributed by atoms with Crippen LogP contribution in [0.2, 0.25) is 0 Å². The minimum atomic E-state index is -3.17. The molecule has 0 saturated heterocycles. The minimum Gasteiger partial charge on any atom is -0.322 e. The molecule has 2 rings (SSSR count). The van der Waals surface area contributed by atoms with E-state index in [1.54, 1.807) is 12.1 Å². The van der Waals surface area contributed by atoms with Gasteiger partial charge >= 0.3 is 0 Å². The average molecular weight is 346 g/mol. The molecule has 0 aliphatic rings. The summed E-state index contributed by atoms with van der Waals surface area (Å²) in [4.78, 5) is 12.3. The Labute approximate surface area is 143 Å². The zero-order chi connectivity index (χ0) is 17.6. The highest BCUT2D eigenvalue weighted by Gasteiger charge is 2.08. The van der Waals surface area contributed by atoms with E-state index in [1.807, 2.05) is 43.3 Å². The third-order valence-electron chi connectivity index (χ3n) is 3.64. The van der Waals surface area contributed by atoms with Gasteiger partial charge in [-0.25, -0.2) is 13.1 Å². The Morgan fingerprint density at radius 3 is 2.33 bits per heavy atom. The molecule has 0 aromatic heterocycles. The van der Waals surface area contributed by atoms with Crippen molar-refractivity contribution in [2.24, 2.45) is 0 Å². The predicted molar refractivity (Wildman–Crippen MR) is 96.8 cm³/mol. The molecule has 0 aliphatic carbocycles. The lowest BCUT2D eigenvalue weighted by Crippen LogP contribution is -2.24. The van der Waals surface area contributed by atoms with E-state index in [2.05, 4.69) is 10.0 Å². The number of aryl methyl sites for hydroxylation is 1. The summed E-state index contributed by atoms with van der Waals surface area (Å²) in [5, 5.41) is 2.93. The Hall–Kier alpha value is -2.18. The van der Waals surface area contributed by atoms with Crippen LogP contribution >= 0.6 is 0 Å². The summed E-state index contributed by atoms with van der Waals surface area (Å²) in [6.45, 7) is 2.39. The average Bonchev–Trinajstić information content (AvgIpc) is 2.55. The number of carbonyl (C=O) groups excluding carboxylic acids is 1. The van der Waals surface area contributed by atoms with Gasteiger partial charge in [0.25, 0.3) is 5.91 Å². The van der Waals surface area contributed by atoms with E-state index < -0.39 is 10.0 Å². The van der Waals surface area contributed by atoms with Gasteiger partial charge in [-0.2, -0.15) is 0 Å². The minimum absolute atomic E-state index is 0.156. The van der Waals surface area contributed by atoms with Crippen LogP contribution in [0.3, 0.4) is 0 Å². The topological polar surface area (TPSA) is 75.3 Å². The van der Waals surface area contributed by atoms with Gasteiger partial charge < -0.3 is 5.32 Å². The monoisotopic (exact) mass is 346 g/mol. The molecule has 0 spiro atoms. The number of hydrogen-bond donors (Lipinski definition) is 2. The van der Waals surface area contributed by atoms with Gasteiger partial charge in [0, 0.05) is 17.8 Å². The molecule has 128 valence electrons. The fourth-order valence-electron chi connectivity index (χ4n) is 2.35. The van der Waals surface area contributed by atoms with Crippen LogP contribution in [0.15, 0.2) is 48.5 Å². The second kappa shape index (κ2) is 8.08. The fourth-order valence-corrected chi connectivity index (χ4v) is 2.82. The first kappa shape index (κ1) is 18.2. The summed E-state index contributed by atoms with van der Waals surface area (Å²) in [5.41, 5.74) is 3.46. The molecule has 1 amide bonds. The predicted octanol–water partition coefficient (Wildman–Crippen LogP) is 2.59. The molecule has 0 heterocycles. The van der Waals surface area contributed by atoms with Gasteiger partial charge in [-0.05, 0) is 42.2 Å². The first-order valence-electron chi connectivity index (χ1n) is 7.82. The lowest BCUT2D eigenvalue weighted by atomic mass is 10.1. The maximum atomic E-state index is 12.3. The van der Waals surface area contributed by atoms with E-state index >= 15 is 0 Å². The zero-order valence-electron chi connectivity index (χ0n) is 13.9. The van der Waals surface area contributed by atoms with Crippen LogP contribution in [0.25, 0.3) is 0 Å². The summed E-state index contributed by atoms with van der Waals surface area (Å²) < 4.78 is 24.5. The Balaban J connectivity index is 1.98. The first-order chi connectivity index (χ1) is 11.4. The number of benzene rings is 2. The molecule has 0 atom stereocenters. The number of carbonyl (C=O) groups is 1. The van der Waals surface area contributed by atoms with E-state index in [-0.39, 0.29) is 5.91 Å². The Kier molecular flexibility index (Phi) is 6.11. The van der Waals surface area contributed by atoms with Gasteiger partial charge in [-0.15, -0.1) is 0 Å². The number of rotatable bonds is 7. The van der Waals surface area contributed by atoms with Crippen molar-refractivity contribution >= 4 is 21.6 Å². The summed E-state index contributed by atoms with van der Waals surface area (Å²) in [5.74, 6) is -0.156. The van der Waals surface area contributed by atoms with Gasteiger partial charge in [0.05, 0.1) is 6.26 Å². The van der Waals surface area contributed by atoms with E-state index in [1.165, 1.54) is 0 Å². The van der Waals surface area contributed by atoms with Crippen molar-refractivity contribution in [3.63, 3.8) is 0 Å². The SMILES string of the molecule is CCc1ccccc1NC(=O)c1ccc(CCNS(C)(=O)=O)cc1. The lowest BCUT2D eigenvalue weighted by Gasteiger charge is -2.10. The largest absolute Gasteiger partial charge is 0.322 e. The summed E-state index contributed by atoms with van der Waals surface area (Å²) in [7, 11) is -3.17. The van der Waals surface area contributed by atoms with E-state index in [4.69, 9.17) is 0 Å². The second-order valence-electron chi connectivity index (χ2n) is 5.58. The maximum absolute atomic E-state index is 12.3. The second-order valence-corrected chi connectivity index (χ2v) is 7.41. The van der Waals surface area contributed by atoms with Gasteiger partial charge in [0.15, 0.2) is 0 Å². The zero-order valence-corrected chi connectivity index (χ0v) is 14.7. The fraction of sp³-hybridized carbons (Fsp3) is 0.278. The number of nitrogens with one attached hydrogen (secondary N) is 2. The van der Waals surface area contributed by atoms with Crippen LogP contribution in [0.4, 0.5) is 5.69 Å². The maximum Gasteiger partial charge on any atom is 0.255 e. The smallest absolute Gasteiger partial charge is 0.255 e. The molecule has 0 fully saturated rings. The molecule has 2 N–H and O–H groups in total. The van der Waals surface area contributed by atoms with Crippen molar-refractivity contribution in [2.45, 2.75) is 19.8 Å².